The highest BCUT2D eigenvalue weighted by Crippen LogP contribution is 2.18. The Hall–Kier alpha value is -2.03. The molecule has 0 radical (unpaired) electrons. The summed E-state index contributed by atoms with van der Waals surface area (Å²) in [6.45, 7) is 1.46. The minimum Gasteiger partial charge on any atom is -0.480 e. The number of benzene rings is 1. The van der Waals surface area contributed by atoms with Crippen molar-refractivity contribution < 1.29 is 24.6 Å². The van der Waals surface area contributed by atoms with E-state index in [1.165, 1.54) is 4.90 Å². The Morgan fingerprint density at radius 2 is 1.77 bits per heavy atom. The summed E-state index contributed by atoms with van der Waals surface area (Å²) >= 11 is 11.7. The van der Waals surface area contributed by atoms with Crippen molar-refractivity contribution >= 4 is 46.7 Å². The van der Waals surface area contributed by atoms with Gasteiger partial charge < -0.3 is 20.0 Å². The lowest BCUT2D eigenvalue weighted by molar-refractivity contribution is -0.148. The highest BCUT2D eigenvalue weighted by Gasteiger charge is 2.34. The van der Waals surface area contributed by atoms with Crippen molar-refractivity contribution in [1.29, 1.82) is 0 Å². The molecule has 0 aromatic heterocycles. The van der Waals surface area contributed by atoms with Gasteiger partial charge in [0.15, 0.2) is 0 Å². The standard InChI is InChI=1S/C20H27Cl2N3O5/c21-7-10-24(11-8-22)15-5-3-14(4-6-15)12-16(19(27)28)23-13-18(26)25-9-1-2-17(25)20(29)30/h3-6,16-17,23H,1-2,7-13H2,(H,27,28)(H,29,30). The van der Waals surface area contributed by atoms with Gasteiger partial charge in [0.2, 0.25) is 5.91 Å². The number of carboxylic acids is 2. The number of hydrogen-bond acceptors (Lipinski definition) is 5. The molecular formula is C20H27Cl2N3O5. The third kappa shape index (κ3) is 6.75. The minimum atomic E-state index is -1.08. The van der Waals surface area contributed by atoms with E-state index >= 15 is 0 Å². The zero-order valence-electron chi connectivity index (χ0n) is 16.6. The Kier molecular flexibility index (Phi) is 9.68. The van der Waals surface area contributed by atoms with Crippen LogP contribution in [0.3, 0.4) is 0 Å². The largest absolute Gasteiger partial charge is 0.480 e. The molecule has 1 amide bonds. The van der Waals surface area contributed by atoms with Crippen LogP contribution in [0.2, 0.25) is 0 Å². The van der Waals surface area contributed by atoms with Gasteiger partial charge in [-0.15, -0.1) is 23.2 Å². The number of rotatable bonds is 12. The van der Waals surface area contributed by atoms with Crippen molar-refractivity contribution in [3.05, 3.63) is 29.8 Å². The Morgan fingerprint density at radius 1 is 1.13 bits per heavy atom. The maximum atomic E-state index is 12.4. The Bertz CT molecular complexity index is 726. The molecule has 0 saturated carbocycles. The van der Waals surface area contributed by atoms with Crippen molar-refractivity contribution in [2.75, 3.05) is 42.8 Å². The molecule has 2 rings (SSSR count). The summed E-state index contributed by atoms with van der Waals surface area (Å²) in [6, 6.07) is 5.66. The zero-order valence-corrected chi connectivity index (χ0v) is 18.1. The molecule has 1 aliphatic rings. The van der Waals surface area contributed by atoms with E-state index in [4.69, 9.17) is 23.2 Å². The molecule has 0 spiro atoms. The number of nitrogens with zero attached hydrogens (tertiary/aromatic N) is 2. The number of anilines is 1. The van der Waals surface area contributed by atoms with Gasteiger partial charge in [0.05, 0.1) is 6.54 Å². The molecule has 166 valence electrons. The molecule has 3 N–H and O–H groups in total. The van der Waals surface area contributed by atoms with Crippen LogP contribution >= 0.6 is 23.2 Å². The number of aliphatic carboxylic acids is 2. The predicted octanol–water partition coefficient (Wildman–Crippen LogP) is 1.63. The number of carbonyl (C=O) groups is 3. The molecule has 1 saturated heterocycles. The van der Waals surface area contributed by atoms with Crippen LogP contribution in [-0.4, -0.2) is 83.0 Å². The van der Waals surface area contributed by atoms with Crippen molar-refractivity contribution in [1.82, 2.24) is 10.2 Å². The molecule has 30 heavy (non-hydrogen) atoms. The van der Waals surface area contributed by atoms with E-state index in [-0.39, 0.29) is 13.0 Å². The van der Waals surface area contributed by atoms with Crippen LogP contribution in [0, 0.1) is 0 Å². The lowest BCUT2D eigenvalue weighted by atomic mass is 10.1. The minimum absolute atomic E-state index is 0.191. The van der Waals surface area contributed by atoms with E-state index < -0.39 is 29.9 Å². The fourth-order valence-corrected chi connectivity index (χ4v) is 3.94. The Balaban J connectivity index is 1.96. The first kappa shape index (κ1) is 24.2. The fraction of sp³-hybridized carbons (Fsp3) is 0.550. The number of halogens is 2. The maximum Gasteiger partial charge on any atom is 0.326 e. The van der Waals surface area contributed by atoms with E-state index in [0.29, 0.717) is 44.2 Å². The molecular weight excluding hydrogens is 433 g/mol. The van der Waals surface area contributed by atoms with E-state index in [9.17, 15) is 24.6 Å². The second-order valence-corrected chi connectivity index (χ2v) is 7.85. The number of alkyl halides is 2. The average molecular weight is 460 g/mol. The van der Waals surface area contributed by atoms with Gasteiger partial charge in [0.1, 0.15) is 12.1 Å². The lowest BCUT2D eigenvalue weighted by Crippen LogP contribution is -2.48. The number of likely N-dealkylation sites (tertiary alicyclic amines) is 1. The molecule has 0 aliphatic carbocycles. The normalized spacial score (nSPS) is 17.0. The van der Waals surface area contributed by atoms with Crippen LogP contribution in [0.25, 0.3) is 0 Å². The van der Waals surface area contributed by atoms with Gasteiger partial charge in [-0.05, 0) is 37.0 Å². The molecule has 2 atom stereocenters. The van der Waals surface area contributed by atoms with E-state index in [0.717, 1.165) is 11.3 Å². The molecule has 8 nitrogen and oxygen atoms in total. The number of nitrogens with one attached hydrogen (secondary N) is 1. The van der Waals surface area contributed by atoms with Crippen LogP contribution in [0.1, 0.15) is 18.4 Å². The maximum absolute atomic E-state index is 12.4. The molecule has 2 unspecified atom stereocenters. The van der Waals surface area contributed by atoms with Crippen LogP contribution in [0.4, 0.5) is 5.69 Å². The number of carbonyl (C=O) groups excluding carboxylic acids is 1. The average Bonchev–Trinajstić information content (AvgIpc) is 3.21. The number of carboxylic acid groups (broad SMARTS) is 2. The quantitative estimate of drug-likeness (QED) is 0.407. The summed E-state index contributed by atoms with van der Waals surface area (Å²) in [7, 11) is 0. The second-order valence-electron chi connectivity index (χ2n) is 7.09. The summed E-state index contributed by atoms with van der Waals surface area (Å²) in [5.74, 6) is -1.57. The van der Waals surface area contributed by atoms with Crippen molar-refractivity contribution in [3.63, 3.8) is 0 Å². The van der Waals surface area contributed by atoms with Gasteiger partial charge in [0, 0.05) is 37.1 Å². The summed E-state index contributed by atoms with van der Waals surface area (Å²) in [5, 5.41) is 21.5. The molecule has 10 heteroatoms. The summed E-state index contributed by atoms with van der Waals surface area (Å²) in [5.41, 5.74) is 1.75. The summed E-state index contributed by atoms with van der Waals surface area (Å²) in [4.78, 5) is 38.6. The first-order valence-corrected chi connectivity index (χ1v) is 10.9. The summed E-state index contributed by atoms with van der Waals surface area (Å²) in [6.07, 6.45) is 1.23. The monoisotopic (exact) mass is 459 g/mol. The second kappa shape index (κ2) is 12.0. The molecule has 1 heterocycles. The fourth-order valence-electron chi connectivity index (χ4n) is 3.53. The van der Waals surface area contributed by atoms with Crippen molar-refractivity contribution in [2.24, 2.45) is 0 Å². The van der Waals surface area contributed by atoms with Gasteiger partial charge >= 0.3 is 11.9 Å². The lowest BCUT2D eigenvalue weighted by Gasteiger charge is -2.24. The summed E-state index contributed by atoms with van der Waals surface area (Å²) < 4.78 is 0. The first-order valence-electron chi connectivity index (χ1n) is 9.81. The third-order valence-corrected chi connectivity index (χ3v) is 5.44. The van der Waals surface area contributed by atoms with Crippen molar-refractivity contribution in [2.45, 2.75) is 31.3 Å². The zero-order chi connectivity index (χ0) is 22.1. The van der Waals surface area contributed by atoms with Gasteiger partial charge in [-0.3, -0.25) is 14.9 Å². The number of hydrogen-bond donors (Lipinski definition) is 3. The smallest absolute Gasteiger partial charge is 0.326 e. The SMILES string of the molecule is O=C(O)C(Cc1ccc(N(CCCl)CCCl)cc1)NCC(=O)N1CCCC1C(=O)O. The van der Waals surface area contributed by atoms with Crippen LogP contribution in [0.15, 0.2) is 24.3 Å². The van der Waals surface area contributed by atoms with E-state index in [2.05, 4.69) is 5.32 Å². The van der Waals surface area contributed by atoms with Gasteiger partial charge in [0.25, 0.3) is 0 Å². The topological polar surface area (TPSA) is 110 Å². The van der Waals surface area contributed by atoms with Crippen LogP contribution in [-0.2, 0) is 20.8 Å². The van der Waals surface area contributed by atoms with Gasteiger partial charge in [-0.1, -0.05) is 12.1 Å². The van der Waals surface area contributed by atoms with Crippen LogP contribution in [0.5, 0.6) is 0 Å². The Morgan fingerprint density at radius 3 is 2.30 bits per heavy atom. The van der Waals surface area contributed by atoms with E-state index in [1.807, 2.05) is 29.2 Å². The van der Waals surface area contributed by atoms with Crippen LogP contribution < -0.4 is 10.2 Å². The van der Waals surface area contributed by atoms with E-state index in [1.54, 1.807) is 0 Å². The first-order chi connectivity index (χ1) is 14.4. The molecule has 1 aromatic carbocycles. The molecule has 1 fully saturated rings. The van der Waals surface area contributed by atoms with Crippen molar-refractivity contribution in [3.8, 4) is 0 Å². The van der Waals surface area contributed by atoms with Gasteiger partial charge in [-0.25, -0.2) is 4.79 Å². The van der Waals surface area contributed by atoms with Gasteiger partial charge in [-0.2, -0.15) is 0 Å². The number of amides is 1. The molecule has 1 aromatic rings. The Labute approximate surface area is 185 Å². The highest BCUT2D eigenvalue weighted by molar-refractivity contribution is 6.18. The molecule has 1 aliphatic heterocycles. The molecule has 0 bridgehead atoms. The third-order valence-electron chi connectivity index (χ3n) is 5.11. The highest BCUT2D eigenvalue weighted by atomic mass is 35.5. The predicted molar refractivity (Wildman–Crippen MR) is 116 cm³/mol.